The second-order valence-electron chi connectivity index (χ2n) is 6.51. The Hall–Kier alpha value is -3.11. The first-order valence-electron chi connectivity index (χ1n) is 9.22. The maximum Gasteiger partial charge on any atom is 0.322 e. The first kappa shape index (κ1) is 18.0. The van der Waals surface area contributed by atoms with Gasteiger partial charge >= 0.3 is 6.01 Å². The molecule has 0 unspecified atom stereocenters. The van der Waals surface area contributed by atoms with Crippen molar-refractivity contribution in [2.75, 3.05) is 42.8 Å². The van der Waals surface area contributed by atoms with Gasteiger partial charge in [0.2, 0.25) is 11.8 Å². The van der Waals surface area contributed by atoms with Crippen LogP contribution in [0.4, 0.5) is 17.8 Å². The number of rotatable bonds is 5. The van der Waals surface area contributed by atoms with Crippen molar-refractivity contribution in [1.29, 1.82) is 0 Å². The van der Waals surface area contributed by atoms with Gasteiger partial charge in [-0.05, 0) is 30.5 Å². The Morgan fingerprint density at radius 3 is 2.76 bits per heavy atom. The third-order valence-electron chi connectivity index (χ3n) is 4.68. The van der Waals surface area contributed by atoms with Gasteiger partial charge in [0.15, 0.2) is 0 Å². The molecule has 1 fully saturated rings. The minimum Gasteiger partial charge on any atom is -0.403 e. The number of imidazole rings is 1. The first-order chi connectivity index (χ1) is 14.3. The molecule has 148 valence electrons. The van der Waals surface area contributed by atoms with Crippen molar-refractivity contribution >= 4 is 40.6 Å². The number of nitrogens with one attached hydrogen (secondary N) is 2. The minimum absolute atomic E-state index is 0.273. The molecule has 0 spiro atoms. The molecule has 2 N–H and O–H groups in total. The molecule has 4 aromatic rings. The molecule has 10 heteroatoms. The summed E-state index contributed by atoms with van der Waals surface area (Å²) in [6.07, 6.45) is 3.82. The summed E-state index contributed by atoms with van der Waals surface area (Å²) in [4.78, 5) is 15.7. The molecule has 1 aliphatic rings. The molecule has 0 radical (unpaired) electrons. The molecular weight excluding hydrogens is 390 g/mol. The Morgan fingerprint density at radius 2 is 1.97 bits per heavy atom. The number of nitrogens with zero attached hydrogens (tertiary/aromatic N) is 5. The third-order valence-corrected chi connectivity index (χ3v) is 5.42. The Morgan fingerprint density at radius 1 is 1.14 bits per heavy atom. The first-order valence-corrected chi connectivity index (χ1v) is 10.4. The van der Waals surface area contributed by atoms with E-state index in [0.29, 0.717) is 25.1 Å². The number of ether oxygens (including phenoxy) is 1. The number of aromatic nitrogens is 5. The number of H-pyrrole nitrogens is 1. The Kier molecular flexibility index (Phi) is 4.78. The molecule has 4 heterocycles. The van der Waals surface area contributed by atoms with E-state index in [2.05, 4.69) is 35.4 Å². The van der Waals surface area contributed by atoms with E-state index in [1.807, 2.05) is 36.6 Å². The molecule has 29 heavy (non-hydrogen) atoms. The van der Waals surface area contributed by atoms with Gasteiger partial charge in [-0.1, -0.05) is 5.10 Å². The Balaban J connectivity index is 1.34. The zero-order chi connectivity index (χ0) is 19.6. The van der Waals surface area contributed by atoms with E-state index in [1.54, 1.807) is 18.0 Å². The largest absolute Gasteiger partial charge is 0.403 e. The van der Waals surface area contributed by atoms with E-state index in [4.69, 9.17) is 9.15 Å². The number of morpholine rings is 1. The second-order valence-corrected chi connectivity index (χ2v) is 7.39. The summed E-state index contributed by atoms with van der Waals surface area (Å²) >= 11 is 1.69. The van der Waals surface area contributed by atoms with Crippen LogP contribution in [0, 0.1) is 0 Å². The zero-order valence-electron chi connectivity index (χ0n) is 15.8. The second kappa shape index (κ2) is 7.72. The van der Waals surface area contributed by atoms with E-state index in [0.717, 1.165) is 35.5 Å². The smallest absolute Gasteiger partial charge is 0.322 e. The van der Waals surface area contributed by atoms with Gasteiger partial charge in [0.05, 0.1) is 30.4 Å². The summed E-state index contributed by atoms with van der Waals surface area (Å²) in [5.74, 6) is 1.87. The lowest BCUT2D eigenvalue weighted by molar-refractivity contribution is 0.122. The highest BCUT2D eigenvalue weighted by Crippen LogP contribution is 2.25. The highest BCUT2D eigenvalue weighted by molar-refractivity contribution is 7.98. The van der Waals surface area contributed by atoms with Crippen LogP contribution in [-0.2, 0) is 4.74 Å². The van der Waals surface area contributed by atoms with E-state index in [9.17, 15) is 0 Å². The topological polar surface area (TPSA) is 105 Å². The van der Waals surface area contributed by atoms with Crippen LogP contribution in [-0.4, -0.2) is 57.7 Å². The number of hydrogen-bond donors (Lipinski definition) is 2. The van der Waals surface area contributed by atoms with Crippen LogP contribution in [0.5, 0.6) is 0 Å². The molecule has 9 nitrogen and oxygen atoms in total. The predicted octanol–water partition coefficient (Wildman–Crippen LogP) is 3.31. The van der Waals surface area contributed by atoms with E-state index < -0.39 is 0 Å². The SMILES string of the molecule is CSc1ccc(-c2nnc(Nc3nc4cc(N5CCOCC5)ncc4[nH]3)o2)cc1. The lowest BCUT2D eigenvalue weighted by atomic mass is 10.2. The Bertz CT molecular complexity index is 1120. The van der Waals surface area contributed by atoms with Crippen molar-refractivity contribution in [3.8, 4) is 11.5 Å². The van der Waals surface area contributed by atoms with Crippen molar-refractivity contribution in [3.63, 3.8) is 0 Å². The van der Waals surface area contributed by atoms with Gasteiger partial charge in [0.25, 0.3) is 0 Å². The number of aromatic amines is 1. The number of thioether (sulfide) groups is 1. The number of benzene rings is 1. The van der Waals surface area contributed by atoms with Gasteiger partial charge < -0.3 is 19.0 Å². The van der Waals surface area contributed by atoms with Crippen LogP contribution in [0.1, 0.15) is 0 Å². The molecule has 0 bridgehead atoms. The molecule has 0 aliphatic carbocycles. The van der Waals surface area contributed by atoms with Crippen molar-refractivity contribution in [2.45, 2.75) is 4.90 Å². The summed E-state index contributed by atoms with van der Waals surface area (Å²) in [7, 11) is 0. The van der Waals surface area contributed by atoms with Crippen LogP contribution in [0.25, 0.3) is 22.5 Å². The number of fused-ring (bicyclic) bond motifs is 1. The van der Waals surface area contributed by atoms with Gasteiger partial charge in [-0.15, -0.1) is 16.9 Å². The number of hydrogen-bond acceptors (Lipinski definition) is 9. The highest BCUT2D eigenvalue weighted by Gasteiger charge is 2.15. The zero-order valence-corrected chi connectivity index (χ0v) is 16.6. The Labute approximate surface area is 170 Å². The molecule has 1 aliphatic heterocycles. The maximum atomic E-state index is 5.72. The van der Waals surface area contributed by atoms with Crippen molar-refractivity contribution in [3.05, 3.63) is 36.5 Å². The van der Waals surface area contributed by atoms with Gasteiger partial charge in [-0.3, -0.25) is 5.32 Å². The van der Waals surface area contributed by atoms with Gasteiger partial charge in [0, 0.05) is 29.6 Å². The fourth-order valence-corrected chi connectivity index (χ4v) is 3.56. The monoisotopic (exact) mass is 409 g/mol. The molecule has 3 aromatic heterocycles. The van der Waals surface area contributed by atoms with E-state index in [1.165, 1.54) is 4.90 Å². The maximum absolute atomic E-state index is 5.72. The summed E-state index contributed by atoms with van der Waals surface area (Å²) in [5, 5.41) is 11.2. The van der Waals surface area contributed by atoms with Crippen LogP contribution < -0.4 is 10.2 Å². The lowest BCUT2D eigenvalue weighted by Gasteiger charge is -2.27. The molecule has 0 saturated carbocycles. The molecule has 0 atom stereocenters. The average Bonchev–Trinajstić information content (AvgIpc) is 3.40. The van der Waals surface area contributed by atoms with Crippen molar-refractivity contribution < 1.29 is 9.15 Å². The molecule has 1 aromatic carbocycles. The van der Waals surface area contributed by atoms with Crippen LogP contribution >= 0.6 is 11.8 Å². The molecule has 1 saturated heterocycles. The van der Waals surface area contributed by atoms with Crippen molar-refractivity contribution in [2.24, 2.45) is 0 Å². The fraction of sp³-hybridized carbons (Fsp3) is 0.263. The summed E-state index contributed by atoms with van der Waals surface area (Å²) in [6.45, 7) is 3.09. The summed E-state index contributed by atoms with van der Waals surface area (Å²) < 4.78 is 11.1. The van der Waals surface area contributed by atoms with E-state index >= 15 is 0 Å². The van der Waals surface area contributed by atoms with Gasteiger partial charge in [0.1, 0.15) is 5.82 Å². The summed E-state index contributed by atoms with van der Waals surface area (Å²) in [6, 6.07) is 10.2. The molecule has 0 amide bonds. The molecule has 5 rings (SSSR count). The number of pyridine rings is 1. The van der Waals surface area contributed by atoms with E-state index in [-0.39, 0.29) is 6.01 Å². The standard InChI is InChI=1S/C19H19N7O2S/c1-29-13-4-2-12(3-5-13)17-24-25-19(28-17)23-18-21-14-10-16(20-11-15(14)22-18)26-6-8-27-9-7-26/h2-5,10-11H,6-9H2,1H3,(H2,21,22,23,25). The quantitative estimate of drug-likeness (QED) is 0.480. The third kappa shape index (κ3) is 3.76. The highest BCUT2D eigenvalue weighted by atomic mass is 32.2. The van der Waals surface area contributed by atoms with Crippen LogP contribution in [0.2, 0.25) is 0 Å². The average molecular weight is 409 g/mol. The number of anilines is 3. The van der Waals surface area contributed by atoms with Crippen LogP contribution in [0.15, 0.2) is 45.8 Å². The van der Waals surface area contributed by atoms with Crippen molar-refractivity contribution in [1.82, 2.24) is 25.1 Å². The minimum atomic E-state index is 0.273. The molecular formula is C19H19N7O2S. The van der Waals surface area contributed by atoms with Gasteiger partial charge in [-0.25, -0.2) is 9.97 Å². The predicted molar refractivity (Wildman–Crippen MR) is 112 cm³/mol. The van der Waals surface area contributed by atoms with Crippen LogP contribution in [0.3, 0.4) is 0 Å². The lowest BCUT2D eigenvalue weighted by Crippen LogP contribution is -2.36. The normalized spacial score (nSPS) is 14.4. The van der Waals surface area contributed by atoms with Gasteiger partial charge in [-0.2, -0.15) is 0 Å². The summed E-state index contributed by atoms with van der Waals surface area (Å²) in [5.41, 5.74) is 2.51. The fourth-order valence-electron chi connectivity index (χ4n) is 3.15.